The van der Waals surface area contributed by atoms with Crippen LogP contribution in [0, 0.1) is 5.41 Å². The molecule has 1 rings (SSSR count). The van der Waals surface area contributed by atoms with Crippen molar-refractivity contribution in [2.45, 2.75) is 32.7 Å². The van der Waals surface area contributed by atoms with Crippen molar-refractivity contribution in [3.05, 3.63) is 10.4 Å². The Kier molecular flexibility index (Phi) is 5.97. The molecule has 0 aromatic heterocycles. The molecular weight excluding hydrogens is 264 g/mol. The molecule has 7 heteroatoms. The van der Waals surface area contributed by atoms with Gasteiger partial charge in [-0.25, -0.2) is 0 Å². The van der Waals surface area contributed by atoms with Crippen LogP contribution in [0.2, 0.25) is 0 Å². The van der Waals surface area contributed by atoms with Crippen molar-refractivity contribution in [1.29, 1.82) is 0 Å². The molecule has 1 aliphatic rings. The second-order valence-electron chi connectivity index (χ2n) is 5.52. The number of nitrogens with one attached hydrogen (secondary N) is 1. The van der Waals surface area contributed by atoms with Crippen LogP contribution in [0.15, 0.2) is 5.11 Å². The molecule has 0 radical (unpaired) electrons. The maximum absolute atomic E-state index is 12.3. The largest absolute Gasteiger partial charge is 0.465 e. The van der Waals surface area contributed by atoms with Crippen LogP contribution in [-0.4, -0.2) is 42.7 Å². The van der Waals surface area contributed by atoms with Crippen molar-refractivity contribution in [3.8, 4) is 0 Å². The van der Waals surface area contributed by atoms with E-state index in [0.717, 1.165) is 12.2 Å². The van der Waals surface area contributed by atoms with Gasteiger partial charge in [0.1, 0.15) is 5.54 Å². The first-order valence-electron chi connectivity index (χ1n) is 6.47. The number of rotatable bonds is 6. The lowest BCUT2D eigenvalue weighted by atomic mass is 9.79. The highest BCUT2D eigenvalue weighted by Gasteiger charge is 2.46. The Labute approximate surface area is 118 Å². The fourth-order valence-electron chi connectivity index (χ4n) is 2.40. The van der Waals surface area contributed by atoms with Crippen molar-refractivity contribution in [2.75, 3.05) is 31.2 Å². The quantitative estimate of drug-likeness (QED) is 0.267. The molecule has 0 bridgehead atoms. The van der Waals surface area contributed by atoms with Gasteiger partial charge in [0, 0.05) is 23.8 Å². The molecule has 1 fully saturated rings. The molecule has 6 nitrogen and oxygen atoms in total. The van der Waals surface area contributed by atoms with Gasteiger partial charge in [0.05, 0.1) is 6.61 Å². The average molecular weight is 286 g/mol. The number of esters is 1. The summed E-state index contributed by atoms with van der Waals surface area (Å²) in [6.45, 7) is 7.32. The molecule has 1 heterocycles. The zero-order valence-corrected chi connectivity index (χ0v) is 12.6. The van der Waals surface area contributed by atoms with E-state index in [2.05, 4.69) is 29.2 Å². The Bertz CT molecular complexity index is 369. The highest BCUT2D eigenvalue weighted by atomic mass is 32.2. The molecule has 19 heavy (non-hydrogen) atoms. The standard InChI is InChI=1S/C12H22N4O2S/c1-4-18-10(17)12(14-5-6-15-16-13)7-11(2,3)8-19-9-12/h14H,4-9H2,1-3H3. The molecule has 1 N–H and O–H groups in total. The van der Waals surface area contributed by atoms with Crippen molar-refractivity contribution < 1.29 is 9.53 Å². The molecule has 1 atom stereocenters. The maximum atomic E-state index is 12.3. The lowest BCUT2D eigenvalue weighted by molar-refractivity contribution is -0.151. The van der Waals surface area contributed by atoms with Gasteiger partial charge in [0.2, 0.25) is 0 Å². The zero-order valence-electron chi connectivity index (χ0n) is 11.8. The van der Waals surface area contributed by atoms with E-state index in [-0.39, 0.29) is 11.4 Å². The molecule has 0 aromatic rings. The van der Waals surface area contributed by atoms with E-state index in [1.807, 2.05) is 6.92 Å². The average Bonchev–Trinajstić information content (AvgIpc) is 2.34. The monoisotopic (exact) mass is 286 g/mol. The topological polar surface area (TPSA) is 87.1 Å². The van der Waals surface area contributed by atoms with Crippen LogP contribution in [0.3, 0.4) is 0 Å². The molecule has 0 spiro atoms. The minimum Gasteiger partial charge on any atom is -0.465 e. The van der Waals surface area contributed by atoms with Gasteiger partial charge in [-0.05, 0) is 30.0 Å². The van der Waals surface area contributed by atoms with Gasteiger partial charge in [-0.2, -0.15) is 11.8 Å². The zero-order chi connectivity index (χ0) is 14.4. The Morgan fingerprint density at radius 3 is 2.84 bits per heavy atom. The summed E-state index contributed by atoms with van der Waals surface area (Å²) in [7, 11) is 0. The summed E-state index contributed by atoms with van der Waals surface area (Å²) in [5.74, 6) is 1.54. The van der Waals surface area contributed by atoms with E-state index in [1.165, 1.54) is 0 Å². The minimum absolute atomic E-state index is 0.0845. The number of thioether (sulfide) groups is 1. The molecule has 108 valence electrons. The molecule has 0 amide bonds. The van der Waals surface area contributed by atoms with Gasteiger partial charge in [0.15, 0.2) is 0 Å². The summed E-state index contributed by atoms with van der Waals surface area (Å²) in [6.07, 6.45) is 0.738. The SMILES string of the molecule is CCOC(=O)C1(NCCN=[N+]=[N-])CSCC(C)(C)C1. The summed E-state index contributed by atoms with van der Waals surface area (Å²) >= 11 is 1.76. The number of hydrogen-bond donors (Lipinski definition) is 1. The number of azide groups is 1. The summed E-state index contributed by atoms with van der Waals surface area (Å²) < 4.78 is 5.22. The van der Waals surface area contributed by atoms with Crippen molar-refractivity contribution in [2.24, 2.45) is 10.5 Å². The summed E-state index contributed by atoms with van der Waals surface area (Å²) in [4.78, 5) is 15.0. The van der Waals surface area contributed by atoms with E-state index in [1.54, 1.807) is 11.8 Å². The van der Waals surface area contributed by atoms with Crippen LogP contribution in [-0.2, 0) is 9.53 Å². The smallest absolute Gasteiger partial charge is 0.327 e. The molecule has 0 saturated carbocycles. The van der Waals surface area contributed by atoms with E-state index < -0.39 is 5.54 Å². The van der Waals surface area contributed by atoms with Crippen molar-refractivity contribution in [3.63, 3.8) is 0 Å². The van der Waals surface area contributed by atoms with Crippen LogP contribution in [0.5, 0.6) is 0 Å². The fourth-order valence-corrected chi connectivity index (χ4v) is 3.82. The highest BCUT2D eigenvalue weighted by Crippen LogP contribution is 2.39. The number of ether oxygens (including phenoxy) is 1. The Morgan fingerprint density at radius 2 is 2.26 bits per heavy atom. The van der Waals surface area contributed by atoms with Gasteiger partial charge >= 0.3 is 5.97 Å². The van der Waals surface area contributed by atoms with Gasteiger partial charge in [0.25, 0.3) is 0 Å². The number of carbonyl (C=O) groups excluding carboxylic acids is 1. The third-order valence-corrected chi connectivity index (χ3v) is 4.71. The first-order chi connectivity index (χ1) is 8.96. The number of nitrogens with zero attached hydrogens (tertiary/aromatic N) is 3. The normalized spacial score (nSPS) is 25.4. The molecule has 1 saturated heterocycles. The second kappa shape index (κ2) is 7.03. The summed E-state index contributed by atoms with van der Waals surface area (Å²) in [5, 5.41) is 6.74. The summed E-state index contributed by atoms with van der Waals surface area (Å²) in [5.41, 5.74) is 7.70. The van der Waals surface area contributed by atoms with Gasteiger partial charge in [-0.3, -0.25) is 4.79 Å². The highest BCUT2D eigenvalue weighted by molar-refractivity contribution is 7.99. The lowest BCUT2D eigenvalue weighted by Gasteiger charge is -2.43. The van der Waals surface area contributed by atoms with E-state index >= 15 is 0 Å². The lowest BCUT2D eigenvalue weighted by Crippen LogP contribution is -2.60. The van der Waals surface area contributed by atoms with Crippen LogP contribution in [0.4, 0.5) is 0 Å². The van der Waals surface area contributed by atoms with Gasteiger partial charge < -0.3 is 10.1 Å². The molecular formula is C12H22N4O2S. The number of carbonyl (C=O) groups is 1. The summed E-state index contributed by atoms with van der Waals surface area (Å²) in [6, 6.07) is 0. The van der Waals surface area contributed by atoms with Gasteiger partial charge in [-0.1, -0.05) is 19.0 Å². The van der Waals surface area contributed by atoms with Gasteiger partial charge in [-0.15, -0.1) is 0 Å². The van der Waals surface area contributed by atoms with Crippen LogP contribution >= 0.6 is 11.8 Å². The molecule has 0 aliphatic carbocycles. The van der Waals surface area contributed by atoms with Crippen LogP contribution in [0.1, 0.15) is 27.2 Å². The maximum Gasteiger partial charge on any atom is 0.327 e. The molecule has 1 unspecified atom stereocenters. The third kappa shape index (κ3) is 4.60. The molecule has 0 aromatic carbocycles. The Balaban J connectivity index is 2.77. The van der Waals surface area contributed by atoms with Crippen LogP contribution < -0.4 is 5.32 Å². The molecule has 1 aliphatic heterocycles. The van der Waals surface area contributed by atoms with Crippen LogP contribution in [0.25, 0.3) is 10.4 Å². The Morgan fingerprint density at radius 1 is 1.53 bits per heavy atom. The van der Waals surface area contributed by atoms with Crippen molar-refractivity contribution >= 4 is 17.7 Å². The second-order valence-corrected chi connectivity index (χ2v) is 6.50. The first-order valence-corrected chi connectivity index (χ1v) is 7.62. The van der Waals surface area contributed by atoms with E-state index in [9.17, 15) is 4.79 Å². The third-order valence-electron chi connectivity index (χ3n) is 3.03. The fraction of sp³-hybridized carbons (Fsp3) is 0.917. The first kappa shape index (κ1) is 16.1. The van der Waals surface area contributed by atoms with Crippen molar-refractivity contribution in [1.82, 2.24) is 5.32 Å². The Hall–Kier alpha value is -0.910. The predicted octanol–water partition coefficient (Wildman–Crippen LogP) is 2.35. The predicted molar refractivity (Wildman–Crippen MR) is 77.1 cm³/mol. The van der Waals surface area contributed by atoms with E-state index in [0.29, 0.717) is 25.4 Å². The van der Waals surface area contributed by atoms with E-state index in [4.69, 9.17) is 10.3 Å². The minimum atomic E-state index is -0.659. The number of hydrogen-bond acceptors (Lipinski definition) is 5.